The van der Waals surface area contributed by atoms with Crippen LogP contribution < -0.4 is 5.32 Å². The third-order valence-corrected chi connectivity index (χ3v) is 3.63. The second kappa shape index (κ2) is 7.61. The van der Waals surface area contributed by atoms with Crippen molar-refractivity contribution in [2.45, 2.75) is 45.0 Å². The number of esters is 1. The molecule has 1 fully saturated rings. The Bertz CT molecular complexity index is 484. The van der Waals surface area contributed by atoms with Crippen LogP contribution in [0.2, 0.25) is 0 Å². The molecule has 2 rings (SSSR count). The van der Waals surface area contributed by atoms with Crippen molar-refractivity contribution in [1.29, 1.82) is 0 Å². The monoisotopic (exact) mass is 307 g/mol. The minimum absolute atomic E-state index is 0.194. The Labute approximate surface area is 131 Å². The standard InChI is InChI=1S/C17H25NO4/c1-17(2)21-12-15(22-17)5-4-10-18-14-8-6-13(7-9-14)11-16(19)20-3/h6-9,15,18H,4-5,10-12H2,1-3H3. The summed E-state index contributed by atoms with van der Waals surface area (Å²) in [6.45, 7) is 5.45. The summed E-state index contributed by atoms with van der Waals surface area (Å²) in [5.74, 6) is -0.657. The van der Waals surface area contributed by atoms with E-state index in [0.717, 1.165) is 30.6 Å². The molecule has 1 aromatic rings. The van der Waals surface area contributed by atoms with E-state index in [4.69, 9.17) is 9.47 Å². The van der Waals surface area contributed by atoms with Crippen molar-refractivity contribution in [2.24, 2.45) is 0 Å². The first-order valence-corrected chi connectivity index (χ1v) is 7.70. The number of hydrogen-bond acceptors (Lipinski definition) is 5. The topological polar surface area (TPSA) is 56.8 Å². The number of benzene rings is 1. The van der Waals surface area contributed by atoms with Gasteiger partial charge in [0.2, 0.25) is 0 Å². The van der Waals surface area contributed by atoms with Gasteiger partial charge in [-0.1, -0.05) is 12.1 Å². The maximum absolute atomic E-state index is 11.2. The van der Waals surface area contributed by atoms with Gasteiger partial charge in [-0.05, 0) is 44.4 Å². The Balaban J connectivity index is 1.66. The van der Waals surface area contributed by atoms with Gasteiger partial charge in [0.1, 0.15) is 0 Å². The largest absolute Gasteiger partial charge is 0.469 e. The molecule has 1 N–H and O–H groups in total. The van der Waals surface area contributed by atoms with Crippen LogP contribution >= 0.6 is 0 Å². The van der Waals surface area contributed by atoms with Gasteiger partial charge in [0, 0.05) is 12.2 Å². The van der Waals surface area contributed by atoms with Crippen molar-refractivity contribution >= 4 is 11.7 Å². The molecule has 1 saturated heterocycles. The fraction of sp³-hybridized carbons (Fsp3) is 0.588. The molecule has 0 aromatic heterocycles. The van der Waals surface area contributed by atoms with E-state index in [1.807, 2.05) is 38.1 Å². The van der Waals surface area contributed by atoms with Gasteiger partial charge in [0.05, 0.1) is 26.2 Å². The minimum Gasteiger partial charge on any atom is -0.469 e. The molecule has 1 atom stereocenters. The van der Waals surface area contributed by atoms with Gasteiger partial charge < -0.3 is 19.5 Å². The molecule has 1 unspecified atom stereocenters. The highest BCUT2D eigenvalue weighted by molar-refractivity contribution is 5.72. The lowest BCUT2D eigenvalue weighted by molar-refractivity contribution is -0.140. The van der Waals surface area contributed by atoms with Crippen molar-refractivity contribution in [3.63, 3.8) is 0 Å². The molecule has 0 aliphatic carbocycles. The van der Waals surface area contributed by atoms with E-state index in [2.05, 4.69) is 10.1 Å². The van der Waals surface area contributed by atoms with Crippen LogP contribution in [0, 0.1) is 0 Å². The molecule has 1 heterocycles. The fourth-order valence-corrected chi connectivity index (χ4v) is 2.45. The molecular formula is C17H25NO4. The molecule has 0 saturated carbocycles. The van der Waals surface area contributed by atoms with E-state index < -0.39 is 5.79 Å². The molecule has 5 heteroatoms. The quantitative estimate of drug-likeness (QED) is 0.620. The molecule has 22 heavy (non-hydrogen) atoms. The number of anilines is 1. The van der Waals surface area contributed by atoms with E-state index in [1.54, 1.807) is 0 Å². The van der Waals surface area contributed by atoms with Crippen LogP contribution in [0.3, 0.4) is 0 Å². The lowest BCUT2D eigenvalue weighted by Crippen LogP contribution is -2.21. The smallest absolute Gasteiger partial charge is 0.309 e. The number of nitrogens with one attached hydrogen (secondary N) is 1. The Morgan fingerprint density at radius 3 is 2.68 bits per heavy atom. The van der Waals surface area contributed by atoms with Crippen LogP contribution in [0.5, 0.6) is 0 Å². The van der Waals surface area contributed by atoms with Crippen molar-refractivity contribution in [1.82, 2.24) is 0 Å². The zero-order valence-electron chi connectivity index (χ0n) is 13.6. The van der Waals surface area contributed by atoms with Gasteiger partial charge in [-0.2, -0.15) is 0 Å². The van der Waals surface area contributed by atoms with E-state index in [0.29, 0.717) is 13.0 Å². The second-order valence-corrected chi connectivity index (χ2v) is 5.97. The summed E-state index contributed by atoms with van der Waals surface area (Å²) in [6, 6.07) is 7.85. The zero-order valence-corrected chi connectivity index (χ0v) is 13.6. The fourth-order valence-electron chi connectivity index (χ4n) is 2.45. The third-order valence-electron chi connectivity index (χ3n) is 3.63. The van der Waals surface area contributed by atoms with Crippen LogP contribution in [0.25, 0.3) is 0 Å². The molecule has 1 aliphatic rings. The van der Waals surface area contributed by atoms with Crippen LogP contribution in [0.4, 0.5) is 5.69 Å². The van der Waals surface area contributed by atoms with Crippen LogP contribution in [-0.4, -0.2) is 38.1 Å². The van der Waals surface area contributed by atoms with Gasteiger partial charge >= 0.3 is 5.97 Å². The van der Waals surface area contributed by atoms with Crippen molar-refractivity contribution in [3.05, 3.63) is 29.8 Å². The predicted molar refractivity (Wildman–Crippen MR) is 84.8 cm³/mol. The molecule has 5 nitrogen and oxygen atoms in total. The SMILES string of the molecule is COC(=O)Cc1ccc(NCCCC2COC(C)(C)O2)cc1. The Morgan fingerprint density at radius 1 is 1.36 bits per heavy atom. The molecular weight excluding hydrogens is 282 g/mol. The number of rotatable bonds is 7. The van der Waals surface area contributed by atoms with E-state index in [-0.39, 0.29) is 12.1 Å². The summed E-state index contributed by atoms with van der Waals surface area (Å²) in [5, 5.41) is 3.37. The highest BCUT2D eigenvalue weighted by Gasteiger charge is 2.31. The van der Waals surface area contributed by atoms with Gasteiger partial charge in [0.25, 0.3) is 0 Å². The summed E-state index contributed by atoms with van der Waals surface area (Å²) in [5.41, 5.74) is 2.01. The molecule has 0 amide bonds. The summed E-state index contributed by atoms with van der Waals surface area (Å²) in [6.07, 6.45) is 2.51. The van der Waals surface area contributed by atoms with Crippen LogP contribution in [-0.2, 0) is 25.4 Å². The van der Waals surface area contributed by atoms with Gasteiger partial charge in [-0.3, -0.25) is 4.79 Å². The van der Waals surface area contributed by atoms with Gasteiger partial charge in [-0.15, -0.1) is 0 Å². The Morgan fingerprint density at radius 2 is 2.09 bits per heavy atom. The summed E-state index contributed by atoms with van der Waals surface area (Å²) in [7, 11) is 1.40. The van der Waals surface area contributed by atoms with Gasteiger partial charge in [-0.25, -0.2) is 0 Å². The third kappa shape index (κ3) is 5.31. The van der Waals surface area contributed by atoms with E-state index in [1.165, 1.54) is 7.11 Å². The minimum atomic E-state index is -0.437. The number of ether oxygens (including phenoxy) is 3. The Kier molecular flexibility index (Phi) is 5.80. The number of carbonyl (C=O) groups is 1. The first-order valence-electron chi connectivity index (χ1n) is 7.70. The molecule has 122 valence electrons. The lowest BCUT2D eigenvalue weighted by atomic mass is 10.1. The molecule has 1 aliphatic heterocycles. The maximum atomic E-state index is 11.2. The number of methoxy groups -OCH3 is 1. The molecule has 0 spiro atoms. The molecule has 1 aromatic carbocycles. The predicted octanol–water partition coefficient (Wildman–Crippen LogP) is 2.75. The van der Waals surface area contributed by atoms with E-state index >= 15 is 0 Å². The average Bonchev–Trinajstić information content (AvgIpc) is 2.84. The van der Waals surface area contributed by atoms with Crippen molar-refractivity contribution in [3.8, 4) is 0 Å². The van der Waals surface area contributed by atoms with E-state index in [9.17, 15) is 4.79 Å². The number of carbonyl (C=O) groups excluding carboxylic acids is 1. The molecule has 0 radical (unpaired) electrons. The normalized spacial score (nSPS) is 19.9. The van der Waals surface area contributed by atoms with Gasteiger partial charge in [0.15, 0.2) is 5.79 Å². The summed E-state index contributed by atoms with van der Waals surface area (Å²) in [4.78, 5) is 11.2. The maximum Gasteiger partial charge on any atom is 0.309 e. The second-order valence-electron chi connectivity index (χ2n) is 5.97. The molecule has 0 bridgehead atoms. The van der Waals surface area contributed by atoms with Crippen molar-refractivity contribution in [2.75, 3.05) is 25.6 Å². The highest BCUT2D eigenvalue weighted by Crippen LogP contribution is 2.24. The lowest BCUT2D eigenvalue weighted by Gasteiger charge is -2.17. The highest BCUT2D eigenvalue weighted by atomic mass is 16.7. The summed E-state index contributed by atoms with van der Waals surface area (Å²) < 4.78 is 16.0. The van der Waals surface area contributed by atoms with Crippen LogP contribution in [0.15, 0.2) is 24.3 Å². The average molecular weight is 307 g/mol. The van der Waals surface area contributed by atoms with Crippen LogP contribution in [0.1, 0.15) is 32.3 Å². The zero-order chi connectivity index (χ0) is 16.0. The number of hydrogen-bond donors (Lipinski definition) is 1. The first kappa shape index (κ1) is 16.8. The van der Waals surface area contributed by atoms with Crippen molar-refractivity contribution < 1.29 is 19.0 Å². The summed E-state index contributed by atoms with van der Waals surface area (Å²) >= 11 is 0. The first-order chi connectivity index (χ1) is 10.5. The Hall–Kier alpha value is -1.59.